The highest BCUT2D eigenvalue weighted by molar-refractivity contribution is 5.75. The lowest BCUT2D eigenvalue weighted by atomic mass is 10.1. The standard InChI is InChI=1S/C12H14F2N4O3/c13-12(14)21-9-4-2-8(3-5-9)10(11(19)20)16-6-1-7-17-18-15/h2-5,10,12,16H,1,6-7H2,(H,19,20). The number of azide groups is 1. The van der Waals surface area contributed by atoms with Gasteiger partial charge in [0.05, 0.1) is 0 Å². The Morgan fingerprint density at radius 1 is 1.43 bits per heavy atom. The van der Waals surface area contributed by atoms with E-state index in [1.54, 1.807) is 0 Å². The van der Waals surface area contributed by atoms with Gasteiger partial charge in [-0.2, -0.15) is 8.78 Å². The zero-order chi connectivity index (χ0) is 15.7. The van der Waals surface area contributed by atoms with Crippen LogP contribution in [0, 0.1) is 0 Å². The summed E-state index contributed by atoms with van der Waals surface area (Å²) in [5.74, 6) is -1.14. The molecule has 1 atom stereocenters. The van der Waals surface area contributed by atoms with Crippen LogP contribution in [0.1, 0.15) is 18.0 Å². The summed E-state index contributed by atoms with van der Waals surface area (Å²) in [7, 11) is 0. The first-order valence-corrected chi connectivity index (χ1v) is 6.06. The van der Waals surface area contributed by atoms with E-state index in [2.05, 4.69) is 20.1 Å². The molecule has 9 heteroatoms. The molecule has 0 heterocycles. The van der Waals surface area contributed by atoms with Gasteiger partial charge in [0.15, 0.2) is 0 Å². The number of nitrogens with zero attached hydrogens (tertiary/aromatic N) is 3. The van der Waals surface area contributed by atoms with Crippen LogP contribution in [0.3, 0.4) is 0 Å². The number of hydrogen-bond donors (Lipinski definition) is 2. The van der Waals surface area contributed by atoms with Gasteiger partial charge in [-0.1, -0.05) is 17.2 Å². The van der Waals surface area contributed by atoms with Crippen molar-refractivity contribution in [1.82, 2.24) is 5.32 Å². The number of carboxylic acids is 1. The Bertz CT molecular complexity index is 504. The van der Waals surface area contributed by atoms with Gasteiger partial charge < -0.3 is 15.2 Å². The Balaban J connectivity index is 2.63. The summed E-state index contributed by atoms with van der Waals surface area (Å²) in [6.07, 6.45) is 0.487. The van der Waals surface area contributed by atoms with E-state index in [1.165, 1.54) is 24.3 Å². The summed E-state index contributed by atoms with van der Waals surface area (Å²) in [5, 5.41) is 15.3. The first-order chi connectivity index (χ1) is 10.0. The van der Waals surface area contributed by atoms with Crippen molar-refractivity contribution >= 4 is 5.97 Å². The molecule has 1 aromatic rings. The number of halogens is 2. The quantitative estimate of drug-likeness (QED) is 0.316. The molecule has 21 heavy (non-hydrogen) atoms. The van der Waals surface area contributed by atoms with Crippen LogP contribution in [0.2, 0.25) is 0 Å². The van der Waals surface area contributed by atoms with Crippen LogP contribution in [0.25, 0.3) is 10.4 Å². The highest BCUT2D eigenvalue weighted by Crippen LogP contribution is 2.19. The van der Waals surface area contributed by atoms with E-state index in [9.17, 15) is 13.6 Å². The first-order valence-electron chi connectivity index (χ1n) is 6.06. The van der Waals surface area contributed by atoms with Gasteiger partial charge in [0.1, 0.15) is 11.8 Å². The third kappa shape index (κ3) is 6.07. The number of alkyl halides is 2. The van der Waals surface area contributed by atoms with E-state index >= 15 is 0 Å². The number of carboxylic acid groups (broad SMARTS) is 1. The zero-order valence-corrected chi connectivity index (χ0v) is 10.9. The first kappa shape index (κ1) is 16.7. The van der Waals surface area contributed by atoms with Gasteiger partial charge in [-0.15, -0.1) is 0 Å². The zero-order valence-electron chi connectivity index (χ0n) is 10.9. The largest absolute Gasteiger partial charge is 0.480 e. The van der Waals surface area contributed by atoms with Gasteiger partial charge in [-0.3, -0.25) is 4.79 Å². The maximum atomic E-state index is 12.0. The Labute approximate surface area is 119 Å². The molecule has 1 rings (SSSR count). The summed E-state index contributed by atoms with van der Waals surface area (Å²) < 4.78 is 28.2. The van der Waals surface area contributed by atoms with Gasteiger partial charge in [0, 0.05) is 11.5 Å². The molecule has 0 aromatic heterocycles. The molecule has 7 nitrogen and oxygen atoms in total. The number of nitrogens with one attached hydrogen (secondary N) is 1. The average Bonchev–Trinajstić information content (AvgIpc) is 2.43. The Morgan fingerprint density at radius 2 is 2.10 bits per heavy atom. The number of benzene rings is 1. The molecule has 0 saturated heterocycles. The molecular formula is C12H14F2N4O3. The molecule has 1 unspecified atom stereocenters. The Hall–Kier alpha value is -2.38. The van der Waals surface area contributed by atoms with Crippen LogP contribution in [0.15, 0.2) is 29.4 Å². The molecule has 0 aliphatic heterocycles. The molecule has 1 aromatic carbocycles. The molecule has 0 amide bonds. The number of carbonyl (C=O) groups is 1. The van der Waals surface area contributed by atoms with Crippen LogP contribution in [-0.2, 0) is 4.79 Å². The number of ether oxygens (including phenoxy) is 1. The maximum absolute atomic E-state index is 12.0. The normalized spacial score (nSPS) is 11.8. The smallest absolute Gasteiger partial charge is 0.387 e. The van der Waals surface area contributed by atoms with E-state index in [1.807, 2.05) is 0 Å². The summed E-state index contributed by atoms with van der Waals surface area (Å²) in [4.78, 5) is 13.8. The fraction of sp³-hybridized carbons (Fsp3) is 0.417. The molecule has 0 spiro atoms. The van der Waals surface area contributed by atoms with Crippen molar-refractivity contribution in [2.75, 3.05) is 13.1 Å². The van der Waals surface area contributed by atoms with Crippen LogP contribution in [0.5, 0.6) is 5.75 Å². The molecule has 2 N–H and O–H groups in total. The molecule has 0 aliphatic rings. The van der Waals surface area contributed by atoms with Crippen LogP contribution >= 0.6 is 0 Å². The summed E-state index contributed by atoms with van der Waals surface area (Å²) >= 11 is 0. The van der Waals surface area contributed by atoms with Gasteiger partial charge in [0.25, 0.3) is 0 Å². The monoisotopic (exact) mass is 300 g/mol. The van der Waals surface area contributed by atoms with Crippen molar-refractivity contribution in [3.05, 3.63) is 40.3 Å². The minimum Gasteiger partial charge on any atom is -0.480 e. The molecule has 0 saturated carbocycles. The van der Waals surface area contributed by atoms with Crippen molar-refractivity contribution in [3.63, 3.8) is 0 Å². The fourth-order valence-corrected chi connectivity index (χ4v) is 1.63. The second-order valence-corrected chi connectivity index (χ2v) is 3.98. The second-order valence-electron chi connectivity index (χ2n) is 3.98. The van der Waals surface area contributed by atoms with Crippen molar-refractivity contribution in [2.45, 2.75) is 19.1 Å². The minimum atomic E-state index is -2.93. The topological polar surface area (TPSA) is 107 Å². The number of hydrogen-bond acceptors (Lipinski definition) is 4. The van der Waals surface area contributed by atoms with E-state index in [-0.39, 0.29) is 12.3 Å². The third-order valence-corrected chi connectivity index (χ3v) is 2.53. The minimum absolute atomic E-state index is 0.0405. The summed E-state index contributed by atoms with van der Waals surface area (Å²) in [5.41, 5.74) is 8.52. The van der Waals surface area contributed by atoms with Crippen LogP contribution in [0.4, 0.5) is 8.78 Å². The van der Waals surface area contributed by atoms with Gasteiger partial charge in [0.2, 0.25) is 0 Å². The van der Waals surface area contributed by atoms with E-state index < -0.39 is 18.6 Å². The van der Waals surface area contributed by atoms with Gasteiger partial charge in [-0.25, -0.2) is 0 Å². The van der Waals surface area contributed by atoms with Crippen molar-refractivity contribution < 1.29 is 23.4 Å². The van der Waals surface area contributed by atoms with Crippen molar-refractivity contribution in [3.8, 4) is 5.75 Å². The summed E-state index contributed by atoms with van der Waals surface area (Å²) in [6.45, 7) is -2.33. The predicted octanol–water partition coefficient (Wildman–Crippen LogP) is 2.70. The van der Waals surface area contributed by atoms with E-state index in [0.29, 0.717) is 18.5 Å². The maximum Gasteiger partial charge on any atom is 0.387 e. The third-order valence-electron chi connectivity index (χ3n) is 2.53. The van der Waals surface area contributed by atoms with Gasteiger partial charge >= 0.3 is 12.6 Å². The van der Waals surface area contributed by atoms with Gasteiger partial charge in [-0.05, 0) is 36.2 Å². The molecule has 0 aliphatic carbocycles. The lowest BCUT2D eigenvalue weighted by molar-refractivity contribution is -0.139. The predicted molar refractivity (Wildman–Crippen MR) is 70.1 cm³/mol. The lowest BCUT2D eigenvalue weighted by Gasteiger charge is -2.15. The Kier molecular flexibility index (Phi) is 6.93. The fourth-order valence-electron chi connectivity index (χ4n) is 1.63. The SMILES string of the molecule is [N-]=[N+]=NCCCNC(C(=O)O)c1ccc(OC(F)F)cc1. The van der Waals surface area contributed by atoms with E-state index in [0.717, 1.165) is 0 Å². The number of rotatable bonds is 9. The van der Waals surface area contributed by atoms with Crippen LogP contribution in [-0.4, -0.2) is 30.8 Å². The summed E-state index contributed by atoms with van der Waals surface area (Å²) in [6, 6.07) is 4.38. The highest BCUT2D eigenvalue weighted by atomic mass is 19.3. The molecule has 0 fully saturated rings. The molecule has 0 bridgehead atoms. The molecular weight excluding hydrogens is 286 g/mol. The average molecular weight is 300 g/mol. The molecule has 0 radical (unpaired) electrons. The van der Waals surface area contributed by atoms with Crippen molar-refractivity contribution in [1.29, 1.82) is 0 Å². The second kappa shape index (κ2) is 8.72. The Morgan fingerprint density at radius 3 is 2.62 bits per heavy atom. The van der Waals surface area contributed by atoms with E-state index in [4.69, 9.17) is 10.6 Å². The van der Waals surface area contributed by atoms with Crippen molar-refractivity contribution in [2.24, 2.45) is 5.11 Å². The number of aliphatic carboxylic acids is 1. The van der Waals surface area contributed by atoms with Crippen LogP contribution < -0.4 is 10.1 Å². The lowest BCUT2D eigenvalue weighted by Crippen LogP contribution is -2.29. The molecule has 114 valence electrons. The highest BCUT2D eigenvalue weighted by Gasteiger charge is 2.18.